The summed E-state index contributed by atoms with van der Waals surface area (Å²) in [6.07, 6.45) is 2.00. The van der Waals surface area contributed by atoms with E-state index in [1.807, 2.05) is 66.7 Å². The molecule has 204 valence electrons. The fraction of sp³-hybridized carbons (Fsp3) is 0.286. The van der Waals surface area contributed by atoms with Crippen LogP contribution < -0.4 is 0 Å². The molecule has 1 amide bonds. The predicted molar refractivity (Wildman–Crippen MR) is 155 cm³/mol. The number of furan rings is 1. The van der Waals surface area contributed by atoms with Gasteiger partial charge >= 0.3 is 5.97 Å². The van der Waals surface area contributed by atoms with Crippen LogP contribution in [-0.2, 0) is 32.4 Å². The van der Waals surface area contributed by atoms with Crippen LogP contribution in [0.3, 0.4) is 0 Å². The molecule has 0 aliphatic carbocycles. The molecule has 2 aromatic carbocycles. The van der Waals surface area contributed by atoms with Gasteiger partial charge in [0.05, 0.1) is 16.4 Å². The highest BCUT2D eigenvalue weighted by molar-refractivity contribution is 8.14. The van der Waals surface area contributed by atoms with Gasteiger partial charge in [-0.2, -0.15) is 0 Å². The number of sulfone groups is 1. The van der Waals surface area contributed by atoms with E-state index in [9.17, 15) is 23.1 Å². The summed E-state index contributed by atoms with van der Waals surface area (Å²) in [5.74, 6) is 0.0895. The lowest BCUT2D eigenvalue weighted by molar-refractivity contribution is -0.143. The minimum atomic E-state index is -3.09. The summed E-state index contributed by atoms with van der Waals surface area (Å²) in [6, 6.07) is 20.1. The molecule has 0 spiro atoms. The van der Waals surface area contributed by atoms with E-state index in [1.165, 1.54) is 11.8 Å². The first-order valence-corrected chi connectivity index (χ1v) is 15.7. The van der Waals surface area contributed by atoms with Crippen LogP contribution in [0.25, 0.3) is 17.4 Å². The van der Waals surface area contributed by atoms with Crippen molar-refractivity contribution >= 4 is 52.2 Å². The number of carbonyl (C=O) groups is 2. The third kappa shape index (κ3) is 6.60. The van der Waals surface area contributed by atoms with E-state index in [0.717, 1.165) is 16.7 Å². The number of aliphatic carboxylic acids is 1. The molecule has 1 aromatic heterocycles. The molecule has 3 heterocycles. The second kappa shape index (κ2) is 11.6. The summed E-state index contributed by atoms with van der Waals surface area (Å²) in [7, 11) is -3.09. The highest BCUT2D eigenvalue weighted by atomic mass is 32.2. The Bertz CT molecular complexity index is 1470. The molecule has 2 unspecified atom stereocenters. The third-order valence-electron chi connectivity index (χ3n) is 6.84. The second-order valence-corrected chi connectivity index (χ2v) is 13.8. The Labute approximate surface area is 237 Å². The van der Waals surface area contributed by atoms with Crippen LogP contribution in [-0.4, -0.2) is 70.5 Å². The van der Waals surface area contributed by atoms with Crippen LogP contribution in [0.2, 0.25) is 0 Å². The fourth-order valence-corrected chi connectivity index (χ4v) is 7.33. The Morgan fingerprint density at radius 2 is 1.74 bits per heavy atom. The van der Waals surface area contributed by atoms with Gasteiger partial charge in [-0.3, -0.25) is 14.5 Å². The fourth-order valence-electron chi connectivity index (χ4n) is 4.65. The first-order chi connectivity index (χ1) is 18.7. The number of hydrogen-bond donors (Lipinski definition) is 2. The molecule has 3 aromatic rings. The van der Waals surface area contributed by atoms with E-state index in [2.05, 4.69) is 12.6 Å². The Kier molecular flexibility index (Phi) is 8.22. The van der Waals surface area contributed by atoms with Crippen LogP contribution in [0.15, 0.2) is 76.1 Å². The van der Waals surface area contributed by atoms with Gasteiger partial charge in [0.25, 0.3) is 5.91 Å². The number of carbonyl (C=O) groups excluding carboxylic acids is 1. The minimum Gasteiger partial charge on any atom is -0.480 e. The molecule has 0 saturated carbocycles. The van der Waals surface area contributed by atoms with Crippen molar-refractivity contribution < 1.29 is 27.5 Å². The highest BCUT2D eigenvalue weighted by Crippen LogP contribution is 2.39. The molecule has 0 bridgehead atoms. The molecular weight excluding hydrogens is 557 g/mol. The third-order valence-corrected chi connectivity index (χ3v) is 10.1. The van der Waals surface area contributed by atoms with Crippen molar-refractivity contribution in [1.29, 1.82) is 0 Å². The largest absolute Gasteiger partial charge is 0.480 e. The van der Waals surface area contributed by atoms with Gasteiger partial charge < -0.3 is 14.4 Å². The average molecular weight is 585 g/mol. The summed E-state index contributed by atoms with van der Waals surface area (Å²) in [5.41, 5.74) is 2.69. The summed E-state index contributed by atoms with van der Waals surface area (Å²) in [5, 5.41) is 9.75. The molecule has 2 atom stereocenters. The average Bonchev–Trinajstić information content (AvgIpc) is 3.48. The van der Waals surface area contributed by atoms with Gasteiger partial charge in [0.2, 0.25) is 0 Å². The molecular formula is C28H28N2O6S3. The number of rotatable bonds is 8. The van der Waals surface area contributed by atoms with Crippen LogP contribution in [0.5, 0.6) is 0 Å². The molecule has 2 fully saturated rings. The number of amides is 1. The molecule has 1 N–H and O–H groups in total. The Balaban J connectivity index is 1.24. The van der Waals surface area contributed by atoms with Crippen molar-refractivity contribution in [3.05, 3.63) is 88.5 Å². The molecule has 8 nitrogen and oxygen atoms in total. The van der Waals surface area contributed by atoms with Crippen LogP contribution in [0, 0.1) is 0 Å². The minimum absolute atomic E-state index is 0.0173. The number of hydrogen-bond acceptors (Lipinski definition) is 8. The Morgan fingerprint density at radius 1 is 1.05 bits per heavy atom. The zero-order valence-electron chi connectivity index (χ0n) is 21.0. The van der Waals surface area contributed by atoms with Crippen molar-refractivity contribution in [2.24, 2.45) is 0 Å². The molecule has 2 aliphatic heterocycles. The number of carboxylic acids is 1. The van der Waals surface area contributed by atoms with E-state index in [4.69, 9.17) is 4.42 Å². The lowest BCUT2D eigenvalue weighted by atomic mass is 10.0. The van der Waals surface area contributed by atoms with Gasteiger partial charge in [-0.1, -0.05) is 66.4 Å². The molecule has 0 radical (unpaired) electrons. The molecule has 11 heteroatoms. The second-order valence-electron chi connectivity index (χ2n) is 9.52. The predicted octanol–water partition coefficient (Wildman–Crippen LogP) is 4.00. The maximum atomic E-state index is 13.0. The van der Waals surface area contributed by atoms with Crippen molar-refractivity contribution in [2.45, 2.75) is 23.7 Å². The first kappa shape index (κ1) is 27.6. The Hall–Kier alpha value is -2.99. The summed E-state index contributed by atoms with van der Waals surface area (Å²) < 4.78 is 29.2. The van der Waals surface area contributed by atoms with Crippen LogP contribution in [0.4, 0.5) is 0 Å². The highest BCUT2D eigenvalue weighted by Gasteiger charge is 2.34. The number of thioether (sulfide) groups is 1. The van der Waals surface area contributed by atoms with Crippen molar-refractivity contribution in [3.63, 3.8) is 0 Å². The van der Waals surface area contributed by atoms with Gasteiger partial charge in [-0.05, 0) is 29.7 Å². The zero-order valence-corrected chi connectivity index (χ0v) is 23.5. The first-order valence-electron chi connectivity index (χ1n) is 12.5. The topological polar surface area (TPSA) is 108 Å². The maximum absolute atomic E-state index is 13.0. The Morgan fingerprint density at radius 3 is 2.41 bits per heavy atom. The van der Waals surface area contributed by atoms with E-state index >= 15 is 0 Å². The maximum Gasteiger partial charge on any atom is 0.321 e. The van der Waals surface area contributed by atoms with Gasteiger partial charge in [0.1, 0.15) is 22.3 Å². The lowest BCUT2D eigenvalue weighted by Crippen LogP contribution is -2.50. The molecule has 2 aliphatic rings. The monoisotopic (exact) mass is 584 g/mol. The smallest absolute Gasteiger partial charge is 0.321 e. The van der Waals surface area contributed by atoms with E-state index in [0.29, 0.717) is 23.0 Å². The molecule has 2 saturated heterocycles. The van der Waals surface area contributed by atoms with E-state index in [1.54, 1.807) is 15.9 Å². The number of thiol groups is 1. The number of nitrogens with zero attached hydrogens (tertiary/aromatic N) is 2. The lowest BCUT2D eigenvalue weighted by Gasteiger charge is -2.31. The van der Waals surface area contributed by atoms with Crippen molar-refractivity contribution in [1.82, 2.24) is 9.80 Å². The van der Waals surface area contributed by atoms with Gasteiger partial charge in [-0.15, -0.1) is 12.6 Å². The van der Waals surface area contributed by atoms with E-state index in [-0.39, 0.29) is 41.6 Å². The summed E-state index contributed by atoms with van der Waals surface area (Å²) >= 11 is 5.96. The van der Waals surface area contributed by atoms with Crippen LogP contribution >= 0.6 is 24.4 Å². The van der Waals surface area contributed by atoms with Crippen molar-refractivity contribution in [3.8, 4) is 11.3 Å². The summed E-state index contributed by atoms with van der Waals surface area (Å²) in [6.45, 7) is 0.926. The summed E-state index contributed by atoms with van der Waals surface area (Å²) in [4.78, 5) is 28.9. The SMILES string of the molecule is O=C(O)C(Cc1ccc(-c2ccc(/C=C3\SC(S)N(Cc4ccccc4)C3=O)o2)cc1)N1CCS(=O)(=O)CC1. The molecule has 39 heavy (non-hydrogen) atoms. The normalized spacial score (nSPS) is 21.4. The zero-order chi connectivity index (χ0) is 27.6. The van der Waals surface area contributed by atoms with Gasteiger partial charge in [0.15, 0.2) is 9.84 Å². The standard InChI is InChI=1S/C28H28N2O6S3/c31-26-25(38-28(37)30(26)18-20-4-2-1-3-5-20)17-22-10-11-24(36-22)21-8-6-19(7-9-21)16-23(27(32)33)29-12-14-39(34,35)15-13-29/h1-11,17,23,28,37H,12-16,18H2,(H,32,33)/b25-17-. The van der Waals surface area contributed by atoms with Gasteiger partial charge in [-0.25, -0.2) is 8.42 Å². The van der Waals surface area contributed by atoms with E-state index < -0.39 is 21.8 Å². The quantitative estimate of drug-likeness (QED) is 0.302. The number of carboxylic acid groups (broad SMARTS) is 1. The van der Waals surface area contributed by atoms with Crippen LogP contribution in [0.1, 0.15) is 16.9 Å². The number of benzene rings is 2. The van der Waals surface area contributed by atoms with Crippen molar-refractivity contribution in [2.75, 3.05) is 24.6 Å². The van der Waals surface area contributed by atoms with Gasteiger partial charge in [0, 0.05) is 31.3 Å². The molecule has 5 rings (SSSR count).